The van der Waals surface area contributed by atoms with Gasteiger partial charge in [0.05, 0.1) is 5.69 Å². The van der Waals surface area contributed by atoms with Gasteiger partial charge in [0.25, 0.3) is 0 Å². The van der Waals surface area contributed by atoms with E-state index < -0.39 is 0 Å². The van der Waals surface area contributed by atoms with Gasteiger partial charge in [0.2, 0.25) is 0 Å². The zero-order valence-electron chi connectivity index (χ0n) is 17.7. The highest BCUT2D eigenvalue weighted by Gasteiger charge is 2.35. The predicted octanol–water partition coefficient (Wildman–Crippen LogP) is 7.81. The number of benzene rings is 3. The number of para-hydroxylation sites is 1. The van der Waals surface area contributed by atoms with Gasteiger partial charge in [-0.25, -0.2) is 0 Å². The lowest BCUT2D eigenvalue weighted by atomic mass is 9.92. The fourth-order valence-electron chi connectivity index (χ4n) is 5.42. The van der Waals surface area contributed by atoms with Crippen LogP contribution in [0.15, 0.2) is 91.0 Å². The third kappa shape index (κ3) is 3.18. The quantitative estimate of drug-likeness (QED) is 0.339. The number of aromatic nitrogens is 1. The highest BCUT2D eigenvalue weighted by atomic mass is 16.5. The molecule has 1 unspecified atom stereocenters. The average Bonchev–Trinajstić information content (AvgIpc) is 3.26. The van der Waals surface area contributed by atoms with Crippen LogP contribution in [0.1, 0.15) is 55.5 Å². The third-order valence-electron chi connectivity index (χ3n) is 6.86. The van der Waals surface area contributed by atoms with E-state index in [2.05, 4.69) is 95.6 Å². The first kappa shape index (κ1) is 18.5. The van der Waals surface area contributed by atoms with Crippen LogP contribution in [0, 0.1) is 0 Å². The van der Waals surface area contributed by atoms with Gasteiger partial charge in [-0.05, 0) is 36.1 Å². The van der Waals surface area contributed by atoms with Crippen molar-refractivity contribution < 1.29 is 4.74 Å². The van der Waals surface area contributed by atoms with E-state index in [1.807, 2.05) is 0 Å². The standard InChI is InChI=1S/C29H27NO/c1-4-12-21(13-5-1)26-20-25-24-18-10-11-19-27(24)31-29(22-14-6-2-7-15-22)28(25)30(26)23-16-8-3-9-17-23/h1-2,4-7,10-15,18-20,23,29H,3,8-9,16-17H2. The van der Waals surface area contributed by atoms with Crippen LogP contribution in [0.2, 0.25) is 0 Å². The largest absolute Gasteiger partial charge is 0.479 e. The minimum Gasteiger partial charge on any atom is -0.479 e. The first-order chi connectivity index (χ1) is 15.4. The van der Waals surface area contributed by atoms with E-state index in [-0.39, 0.29) is 6.10 Å². The summed E-state index contributed by atoms with van der Waals surface area (Å²) in [5.74, 6) is 0.976. The van der Waals surface area contributed by atoms with Crippen LogP contribution in [0.3, 0.4) is 0 Å². The molecule has 0 radical (unpaired) electrons. The van der Waals surface area contributed by atoms with Crippen molar-refractivity contribution >= 4 is 0 Å². The average molecular weight is 406 g/mol. The second kappa shape index (κ2) is 7.77. The summed E-state index contributed by atoms with van der Waals surface area (Å²) in [5.41, 5.74) is 7.66. The van der Waals surface area contributed by atoms with Gasteiger partial charge in [0.1, 0.15) is 5.75 Å². The van der Waals surface area contributed by atoms with E-state index >= 15 is 0 Å². The van der Waals surface area contributed by atoms with Crippen LogP contribution >= 0.6 is 0 Å². The van der Waals surface area contributed by atoms with Crippen LogP contribution in [0.5, 0.6) is 5.75 Å². The van der Waals surface area contributed by atoms with Crippen LogP contribution in [-0.4, -0.2) is 4.57 Å². The second-order valence-electron chi connectivity index (χ2n) is 8.76. The van der Waals surface area contributed by atoms with Crippen molar-refractivity contribution in [1.82, 2.24) is 4.57 Å². The van der Waals surface area contributed by atoms with E-state index in [9.17, 15) is 0 Å². The highest BCUT2D eigenvalue weighted by molar-refractivity contribution is 5.81. The lowest BCUT2D eigenvalue weighted by molar-refractivity contribution is 0.223. The van der Waals surface area contributed by atoms with Crippen molar-refractivity contribution in [1.29, 1.82) is 0 Å². The van der Waals surface area contributed by atoms with Gasteiger partial charge in [0, 0.05) is 22.9 Å². The Balaban J connectivity index is 1.64. The van der Waals surface area contributed by atoms with Crippen LogP contribution in [0.4, 0.5) is 0 Å². The molecule has 4 aromatic rings. The molecule has 0 spiro atoms. The van der Waals surface area contributed by atoms with Gasteiger partial charge >= 0.3 is 0 Å². The van der Waals surface area contributed by atoms with Crippen LogP contribution < -0.4 is 4.74 Å². The molecule has 2 aliphatic rings. The Morgan fingerprint density at radius 3 is 2.13 bits per heavy atom. The number of nitrogens with zero attached hydrogens (tertiary/aromatic N) is 1. The van der Waals surface area contributed by atoms with Gasteiger partial charge < -0.3 is 9.30 Å². The smallest absolute Gasteiger partial charge is 0.164 e. The molecule has 1 fully saturated rings. The van der Waals surface area contributed by atoms with Gasteiger partial charge in [-0.1, -0.05) is 98.1 Å². The Bertz CT molecular complexity index is 1190. The lowest BCUT2D eigenvalue weighted by Gasteiger charge is -2.33. The van der Waals surface area contributed by atoms with Crippen molar-refractivity contribution in [2.24, 2.45) is 0 Å². The maximum atomic E-state index is 6.70. The Morgan fingerprint density at radius 2 is 1.35 bits per heavy atom. The molecule has 31 heavy (non-hydrogen) atoms. The molecule has 0 bridgehead atoms. The first-order valence-corrected chi connectivity index (χ1v) is 11.5. The Hall–Kier alpha value is -3.26. The van der Waals surface area contributed by atoms with Crippen molar-refractivity contribution in [2.75, 3.05) is 0 Å². The van der Waals surface area contributed by atoms with Gasteiger partial charge in [0.15, 0.2) is 6.10 Å². The zero-order chi connectivity index (χ0) is 20.6. The Morgan fingerprint density at radius 1 is 0.677 bits per heavy atom. The van der Waals surface area contributed by atoms with E-state index in [0.29, 0.717) is 6.04 Å². The van der Waals surface area contributed by atoms with Gasteiger partial charge in [-0.15, -0.1) is 0 Å². The molecular formula is C29H27NO. The number of hydrogen-bond acceptors (Lipinski definition) is 1. The fourth-order valence-corrected chi connectivity index (χ4v) is 5.42. The number of hydrogen-bond donors (Lipinski definition) is 0. The van der Waals surface area contributed by atoms with Crippen molar-refractivity contribution in [2.45, 2.75) is 44.2 Å². The summed E-state index contributed by atoms with van der Waals surface area (Å²) in [4.78, 5) is 0. The molecule has 2 nitrogen and oxygen atoms in total. The Kier molecular flexibility index (Phi) is 4.64. The molecule has 3 aromatic carbocycles. The zero-order valence-corrected chi connectivity index (χ0v) is 17.7. The normalized spacial score (nSPS) is 18.1. The summed E-state index contributed by atoms with van der Waals surface area (Å²) >= 11 is 0. The van der Waals surface area contributed by atoms with E-state index in [1.165, 1.54) is 65.7 Å². The minimum atomic E-state index is -0.0921. The maximum Gasteiger partial charge on any atom is 0.164 e. The molecule has 0 N–H and O–H groups in total. The first-order valence-electron chi connectivity index (χ1n) is 11.5. The van der Waals surface area contributed by atoms with Gasteiger partial charge in [-0.3, -0.25) is 0 Å². The van der Waals surface area contributed by atoms with Crippen LogP contribution in [-0.2, 0) is 0 Å². The summed E-state index contributed by atoms with van der Waals surface area (Å²) in [6, 6.07) is 33.0. The third-order valence-corrected chi connectivity index (χ3v) is 6.86. The molecule has 1 saturated carbocycles. The Labute approximate surface area is 184 Å². The topological polar surface area (TPSA) is 14.2 Å². The fraction of sp³-hybridized carbons (Fsp3) is 0.241. The second-order valence-corrected chi connectivity index (χ2v) is 8.76. The predicted molar refractivity (Wildman–Crippen MR) is 126 cm³/mol. The number of ether oxygens (including phenoxy) is 1. The maximum absolute atomic E-state index is 6.70. The summed E-state index contributed by atoms with van der Waals surface area (Å²) < 4.78 is 9.34. The molecule has 1 atom stereocenters. The highest BCUT2D eigenvalue weighted by Crippen LogP contribution is 2.50. The van der Waals surface area contributed by atoms with Crippen molar-refractivity contribution in [3.8, 4) is 28.1 Å². The molecule has 6 rings (SSSR count). The van der Waals surface area contributed by atoms with E-state index in [1.54, 1.807) is 0 Å². The molecule has 1 aliphatic heterocycles. The van der Waals surface area contributed by atoms with E-state index in [0.717, 1.165) is 5.75 Å². The monoisotopic (exact) mass is 405 g/mol. The van der Waals surface area contributed by atoms with Crippen molar-refractivity contribution in [3.05, 3.63) is 102 Å². The summed E-state index contributed by atoms with van der Waals surface area (Å²) in [6.45, 7) is 0. The summed E-state index contributed by atoms with van der Waals surface area (Å²) in [5, 5.41) is 0. The summed E-state index contributed by atoms with van der Waals surface area (Å²) in [6.07, 6.45) is 6.35. The SMILES string of the molecule is c1ccc(-c2cc3c(n2C2CCCCC2)C(c2ccccc2)Oc2ccccc2-3)cc1. The molecule has 0 amide bonds. The number of rotatable bonds is 3. The molecular weight excluding hydrogens is 378 g/mol. The molecule has 2 heterocycles. The van der Waals surface area contributed by atoms with E-state index in [4.69, 9.17) is 4.74 Å². The molecule has 154 valence electrons. The summed E-state index contributed by atoms with van der Waals surface area (Å²) in [7, 11) is 0. The molecule has 1 aromatic heterocycles. The molecule has 2 heteroatoms. The number of fused-ring (bicyclic) bond motifs is 3. The molecule has 1 aliphatic carbocycles. The minimum absolute atomic E-state index is 0.0921. The van der Waals surface area contributed by atoms with Crippen molar-refractivity contribution in [3.63, 3.8) is 0 Å². The lowest BCUT2D eigenvalue weighted by Crippen LogP contribution is -2.23. The van der Waals surface area contributed by atoms with Crippen LogP contribution in [0.25, 0.3) is 22.4 Å². The molecule has 0 saturated heterocycles. The van der Waals surface area contributed by atoms with Gasteiger partial charge in [-0.2, -0.15) is 0 Å².